The van der Waals surface area contributed by atoms with E-state index in [1.54, 1.807) is 30.3 Å². The van der Waals surface area contributed by atoms with Crippen molar-refractivity contribution < 1.29 is 9.18 Å². The molecule has 0 bridgehead atoms. The van der Waals surface area contributed by atoms with Crippen molar-refractivity contribution in [3.05, 3.63) is 63.9 Å². The van der Waals surface area contributed by atoms with Crippen LogP contribution in [0.15, 0.2) is 46.9 Å². The van der Waals surface area contributed by atoms with Crippen molar-refractivity contribution in [2.45, 2.75) is 13.0 Å². The summed E-state index contributed by atoms with van der Waals surface area (Å²) in [7, 11) is 0. The second-order valence-corrected chi connectivity index (χ2v) is 5.35. The van der Waals surface area contributed by atoms with Crippen LogP contribution in [0.3, 0.4) is 0 Å². The third-order valence-electron chi connectivity index (χ3n) is 2.80. The Balaban J connectivity index is 1.94. The summed E-state index contributed by atoms with van der Waals surface area (Å²) >= 11 is 3.27. The molecule has 0 aliphatic heterocycles. The molecule has 0 saturated carbocycles. The molecule has 5 heteroatoms. The van der Waals surface area contributed by atoms with Gasteiger partial charge in [-0.05, 0) is 35.9 Å². The number of carbonyl (C=O) groups is 1. The molecular formula is C15H14BrFN2O. The lowest BCUT2D eigenvalue weighted by atomic mass is 10.1. The average molecular weight is 337 g/mol. The molecule has 2 aromatic rings. The van der Waals surface area contributed by atoms with Crippen LogP contribution in [-0.4, -0.2) is 5.91 Å². The molecule has 2 aromatic carbocycles. The third-order valence-corrected chi connectivity index (χ3v) is 3.29. The molecule has 0 radical (unpaired) electrons. The Labute approximate surface area is 125 Å². The van der Waals surface area contributed by atoms with E-state index in [0.717, 1.165) is 10.0 Å². The number of nitrogens with two attached hydrogens (primary N) is 1. The average Bonchev–Trinajstić information content (AvgIpc) is 2.40. The number of nitrogens with one attached hydrogen (secondary N) is 1. The highest BCUT2D eigenvalue weighted by Crippen LogP contribution is 2.15. The van der Waals surface area contributed by atoms with Crippen molar-refractivity contribution in [3.8, 4) is 0 Å². The third kappa shape index (κ3) is 4.06. The van der Waals surface area contributed by atoms with E-state index in [1.807, 2.05) is 6.07 Å². The number of nitrogen functional groups attached to an aromatic ring is 1. The van der Waals surface area contributed by atoms with E-state index >= 15 is 0 Å². The van der Waals surface area contributed by atoms with Crippen molar-refractivity contribution in [3.63, 3.8) is 0 Å². The second-order valence-electron chi connectivity index (χ2n) is 4.43. The van der Waals surface area contributed by atoms with Gasteiger partial charge >= 0.3 is 0 Å². The number of amides is 1. The molecule has 20 heavy (non-hydrogen) atoms. The van der Waals surface area contributed by atoms with Crippen LogP contribution in [0.25, 0.3) is 0 Å². The first-order valence-electron chi connectivity index (χ1n) is 6.09. The molecule has 3 nitrogen and oxygen atoms in total. The summed E-state index contributed by atoms with van der Waals surface area (Å²) < 4.78 is 14.3. The molecule has 0 saturated heterocycles. The van der Waals surface area contributed by atoms with Crippen molar-refractivity contribution >= 4 is 27.5 Å². The lowest BCUT2D eigenvalue weighted by Crippen LogP contribution is -2.25. The van der Waals surface area contributed by atoms with Gasteiger partial charge in [-0.1, -0.05) is 28.1 Å². The first-order chi connectivity index (χ1) is 9.54. The maximum atomic E-state index is 13.5. The van der Waals surface area contributed by atoms with E-state index in [2.05, 4.69) is 21.2 Å². The van der Waals surface area contributed by atoms with E-state index in [9.17, 15) is 9.18 Å². The molecule has 0 fully saturated rings. The largest absolute Gasteiger partial charge is 0.399 e. The van der Waals surface area contributed by atoms with Gasteiger partial charge in [-0.2, -0.15) is 0 Å². The Morgan fingerprint density at radius 1 is 1.25 bits per heavy atom. The summed E-state index contributed by atoms with van der Waals surface area (Å²) in [6, 6.07) is 11.8. The van der Waals surface area contributed by atoms with E-state index in [-0.39, 0.29) is 24.7 Å². The minimum atomic E-state index is -0.336. The summed E-state index contributed by atoms with van der Waals surface area (Å²) in [5.41, 5.74) is 7.54. The minimum absolute atomic E-state index is 0.159. The van der Waals surface area contributed by atoms with E-state index in [1.165, 1.54) is 6.07 Å². The van der Waals surface area contributed by atoms with Gasteiger partial charge in [-0.25, -0.2) is 4.39 Å². The zero-order chi connectivity index (χ0) is 14.5. The molecule has 104 valence electrons. The smallest absolute Gasteiger partial charge is 0.224 e. The topological polar surface area (TPSA) is 55.1 Å². The fourth-order valence-electron chi connectivity index (χ4n) is 1.82. The number of hydrogen-bond donors (Lipinski definition) is 2. The van der Waals surface area contributed by atoms with Gasteiger partial charge < -0.3 is 11.1 Å². The molecule has 0 heterocycles. The van der Waals surface area contributed by atoms with Crippen molar-refractivity contribution in [1.29, 1.82) is 0 Å². The molecule has 2 rings (SSSR count). The van der Waals surface area contributed by atoms with Gasteiger partial charge in [0.25, 0.3) is 0 Å². The number of carbonyl (C=O) groups excluding carboxylic acids is 1. The van der Waals surface area contributed by atoms with Crippen LogP contribution in [0, 0.1) is 5.82 Å². The highest BCUT2D eigenvalue weighted by atomic mass is 79.9. The first kappa shape index (κ1) is 14.5. The van der Waals surface area contributed by atoms with Gasteiger partial charge in [0.2, 0.25) is 5.91 Å². The molecule has 0 unspecified atom stereocenters. The summed E-state index contributed by atoms with van der Waals surface area (Å²) in [4.78, 5) is 11.8. The molecule has 0 spiro atoms. The molecule has 0 aliphatic rings. The fraction of sp³-hybridized carbons (Fsp3) is 0.133. The predicted molar refractivity (Wildman–Crippen MR) is 80.5 cm³/mol. The Hall–Kier alpha value is -1.88. The Morgan fingerprint density at radius 2 is 2.05 bits per heavy atom. The van der Waals surface area contributed by atoms with Crippen LogP contribution >= 0.6 is 15.9 Å². The quantitative estimate of drug-likeness (QED) is 0.843. The van der Waals surface area contributed by atoms with Crippen molar-refractivity contribution in [1.82, 2.24) is 5.32 Å². The lowest BCUT2D eigenvalue weighted by Gasteiger charge is -2.07. The van der Waals surface area contributed by atoms with Gasteiger partial charge in [0, 0.05) is 22.3 Å². The van der Waals surface area contributed by atoms with Crippen LogP contribution in [0.4, 0.5) is 10.1 Å². The van der Waals surface area contributed by atoms with Gasteiger partial charge in [0.1, 0.15) is 5.82 Å². The van der Waals surface area contributed by atoms with Crippen LogP contribution in [0.5, 0.6) is 0 Å². The van der Waals surface area contributed by atoms with Crippen LogP contribution in [0.2, 0.25) is 0 Å². The Morgan fingerprint density at radius 3 is 2.80 bits per heavy atom. The normalized spacial score (nSPS) is 10.3. The van der Waals surface area contributed by atoms with Crippen molar-refractivity contribution in [2.75, 3.05) is 5.73 Å². The van der Waals surface area contributed by atoms with Gasteiger partial charge in [-0.15, -0.1) is 0 Å². The Kier molecular flexibility index (Phi) is 4.74. The summed E-state index contributed by atoms with van der Waals surface area (Å²) in [5, 5.41) is 2.69. The molecule has 1 amide bonds. The zero-order valence-corrected chi connectivity index (χ0v) is 12.3. The number of hydrogen-bond acceptors (Lipinski definition) is 2. The molecule has 0 atom stereocenters. The number of benzene rings is 2. The summed E-state index contributed by atoms with van der Waals surface area (Å²) in [6.45, 7) is 0.159. The van der Waals surface area contributed by atoms with Gasteiger partial charge in [0.15, 0.2) is 0 Å². The zero-order valence-electron chi connectivity index (χ0n) is 10.7. The first-order valence-corrected chi connectivity index (χ1v) is 6.89. The number of anilines is 1. The van der Waals surface area contributed by atoms with Gasteiger partial charge in [0.05, 0.1) is 6.42 Å². The van der Waals surface area contributed by atoms with Crippen LogP contribution in [0.1, 0.15) is 11.1 Å². The number of rotatable bonds is 4. The monoisotopic (exact) mass is 336 g/mol. The molecular weight excluding hydrogens is 323 g/mol. The highest BCUT2D eigenvalue weighted by molar-refractivity contribution is 9.10. The van der Waals surface area contributed by atoms with Crippen LogP contribution < -0.4 is 11.1 Å². The minimum Gasteiger partial charge on any atom is -0.399 e. The second kappa shape index (κ2) is 6.52. The lowest BCUT2D eigenvalue weighted by molar-refractivity contribution is -0.120. The van der Waals surface area contributed by atoms with Crippen molar-refractivity contribution in [2.24, 2.45) is 0 Å². The maximum absolute atomic E-state index is 13.5. The molecule has 0 aromatic heterocycles. The van der Waals surface area contributed by atoms with E-state index in [0.29, 0.717) is 11.3 Å². The maximum Gasteiger partial charge on any atom is 0.224 e. The fourth-order valence-corrected chi connectivity index (χ4v) is 2.23. The summed E-state index contributed by atoms with van der Waals surface area (Å²) in [6.07, 6.45) is 0.223. The number of halogens is 2. The SMILES string of the molecule is Nc1cccc(CC(=O)NCc2cc(Br)ccc2F)c1. The standard InChI is InChI=1S/C15H14BrFN2O/c16-12-4-5-14(17)11(8-12)9-19-15(20)7-10-2-1-3-13(18)6-10/h1-6,8H,7,9,18H2,(H,19,20). The highest BCUT2D eigenvalue weighted by Gasteiger charge is 2.07. The van der Waals surface area contributed by atoms with Gasteiger partial charge in [-0.3, -0.25) is 4.79 Å². The Bertz CT molecular complexity index is 631. The van der Waals surface area contributed by atoms with E-state index in [4.69, 9.17) is 5.73 Å². The van der Waals surface area contributed by atoms with E-state index < -0.39 is 0 Å². The summed E-state index contributed by atoms with van der Waals surface area (Å²) in [5.74, 6) is -0.507. The molecule has 3 N–H and O–H groups in total. The van der Waals surface area contributed by atoms with Crippen LogP contribution in [-0.2, 0) is 17.8 Å². The molecule has 0 aliphatic carbocycles. The predicted octanol–water partition coefficient (Wildman–Crippen LogP) is 3.03.